The summed E-state index contributed by atoms with van der Waals surface area (Å²) in [5, 5.41) is 2.75. The van der Waals surface area contributed by atoms with E-state index in [1.54, 1.807) is 31.4 Å². The lowest BCUT2D eigenvalue weighted by Crippen LogP contribution is -2.39. The smallest absolute Gasteiger partial charge is 0.241 e. The van der Waals surface area contributed by atoms with Crippen molar-refractivity contribution in [3.63, 3.8) is 0 Å². The number of carbonyl (C=O) groups excluding carboxylic acids is 1. The van der Waals surface area contributed by atoms with E-state index in [9.17, 15) is 4.79 Å². The first-order valence-electron chi connectivity index (χ1n) is 5.25. The van der Waals surface area contributed by atoms with Crippen molar-refractivity contribution in [2.75, 3.05) is 12.4 Å². The van der Waals surface area contributed by atoms with E-state index in [1.807, 2.05) is 13.8 Å². The highest BCUT2D eigenvalue weighted by Gasteiger charge is 2.16. The van der Waals surface area contributed by atoms with Crippen LogP contribution in [-0.2, 0) is 4.79 Å². The maximum Gasteiger partial charge on any atom is 0.241 e. The fraction of sp³-hybridized carbons (Fsp3) is 0.417. The molecule has 4 heteroatoms. The number of methoxy groups -OCH3 is 1. The number of nitrogens with one attached hydrogen (secondary N) is 1. The molecule has 1 aromatic rings. The van der Waals surface area contributed by atoms with Crippen LogP contribution < -0.4 is 15.8 Å². The molecule has 0 heterocycles. The number of ether oxygens (including phenoxy) is 1. The minimum Gasteiger partial charge on any atom is -0.497 e. The summed E-state index contributed by atoms with van der Waals surface area (Å²) in [5.74, 6) is 0.713. The van der Waals surface area contributed by atoms with Gasteiger partial charge in [-0.3, -0.25) is 4.79 Å². The van der Waals surface area contributed by atoms with Crippen molar-refractivity contribution in [2.45, 2.75) is 19.9 Å². The Kier molecular flexibility index (Phi) is 4.31. The molecule has 0 aliphatic rings. The lowest BCUT2D eigenvalue weighted by Gasteiger charge is -2.15. The molecule has 0 aliphatic carbocycles. The van der Waals surface area contributed by atoms with E-state index in [0.29, 0.717) is 0 Å². The summed E-state index contributed by atoms with van der Waals surface area (Å²) in [6.45, 7) is 3.83. The Morgan fingerprint density at radius 2 is 1.88 bits per heavy atom. The third kappa shape index (κ3) is 3.24. The summed E-state index contributed by atoms with van der Waals surface area (Å²) in [6, 6.07) is 6.66. The zero-order valence-corrected chi connectivity index (χ0v) is 9.86. The summed E-state index contributed by atoms with van der Waals surface area (Å²) in [6.07, 6.45) is 0. The van der Waals surface area contributed by atoms with Gasteiger partial charge in [0.05, 0.1) is 13.2 Å². The minimum atomic E-state index is -0.484. The Morgan fingerprint density at radius 1 is 1.31 bits per heavy atom. The Hall–Kier alpha value is -1.55. The van der Waals surface area contributed by atoms with Crippen LogP contribution in [0, 0.1) is 5.92 Å². The summed E-state index contributed by atoms with van der Waals surface area (Å²) in [4.78, 5) is 11.6. The number of nitrogens with two attached hydrogens (primary N) is 1. The summed E-state index contributed by atoms with van der Waals surface area (Å²) >= 11 is 0. The van der Waals surface area contributed by atoms with Gasteiger partial charge in [0.1, 0.15) is 5.75 Å². The van der Waals surface area contributed by atoms with Crippen molar-refractivity contribution in [3.8, 4) is 5.75 Å². The molecule has 3 N–H and O–H groups in total. The Morgan fingerprint density at radius 3 is 2.31 bits per heavy atom. The van der Waals surface area contributed by atoms with E-state index in [4.69, 9.17) is 10.5 Å². The van der Waals surface area contributed by atoms with E-state index in [2.05, 4.69) is 5.32 Å². The van der Waals surface area contributed by atoms with Crippen LogP contribution in [0.15, 0.2) is 24.3 Å². The molecule has 4 nitrogen and oxygen atoms in total. The molecule has 0 bridgehead atoms. The van der Waals surface area contributed by atoms with Crippen LogP contribution in [0.1, 0.15) is 13.8 Å². The van der Waals surface area contributed by atoms with Crippen LogP contribution >= 0.6 is 0 Å². The fourth-order valence-electron chi connectivity index (χ4n) is 1.20. The summed E-state index contributed by atoms with van der Waals surface area (Å²) < 4.78 is 5.02. The average Bonchev–Trinajstić information content (AvgIpc) is 2.28. The van der Waals surface area contributed by atoms with Crippen molar-refractivity contribution in [1.29, 1.82) is 0 Å². The molecule has 0 unspecified atom stereocenters. The van der Waals surface area contributed by atoms with Gasteiger partial charge >= 0.3 is 0 Å². The molecule has 1 aromatic carbocycles. The number of benzene rings is 1. The second-order valence-electron chi connectivity index (χ2n) is 3.99. The van der Waals surface area contributed by atoms with E-state index < -0.39 is 6.04 Å². The molecule has 16 heavy (non-hydrogen) atoms. The van der Waals surface area contributed by atoms with Crippen LogP contribution in [-0.4, -0.2) is 19.1 Å². The van der Waals surface area contributed by atoms with E-state index >= 15 is 0 Å². The van der Waals surface area contributed by atoms with Gasteiger partial charge in [-0.25, -0.2) is 0 Å². The highest BCUT2D eigenvalue weighted by molar-refractivity contribution is 5.94. The number of amides is 1. The maximum absolute atomic E-state index is 11.6. The third-order valence-corrected chi connectivity index (χ3v) is 2.38. The first-order chi connectivity index (χ1) is 7.54. The van der Waals surface area contributed by atoms with Gasteiger partial charge in [0, 0.05) is 5.69 Å². The van der Waals surface area contributed by atoms with Crippen LogP contribution in [0.5, 0.6) is 5.75 Å². The normalized spacial score (nSPS) is 12.3. The van der Waals surface area contributed by atoms with Gasteiger partial charge in [0.2, 0.25) is 5.91 Å². The zero-order valence-electron chi connectivity index (χ0n) is 9.86. The molecule has 0 aliphatic heterocycles. The quantitative estimate of drug-likeness (QED) is 0.813. The van der Waals surface area contributed by atoms with Crippen LogP contribution in [0.3, 0.4) is 0 Å². The molecular formula is C12H18N2O2. The van der Waals surface area contributed by atoms with Crippen LogP contribution in [0.2, 0.25) is 0 Å². The first-order valence-corrected chi connectivity index (χ1v) is 5.25. The lowest BCUT2D eigenvalue weighted by atomic mass is 10.1. The first kappa shape index (κ1) is 12.5. The molecule has 0 saturated heterocycles. The Balaban J connectivity index is 2.62. The SMILES string of the molecule is COc1ccc(NC(=O)[C@H](N)C(C)C)cc1. The van der Waals surface area contributed by atoms with Crippen molar-refractivity contribution in [1.82, 2.24) is 0 Å². The molecule has 1 rings (SSSR count). The van der Waals surface area contributed by atoms with Gasteiger partial charge in [-0.15, -0.1) is 0 Å². The van der Waals surface area contributed by atoms with Crippen LogP contribution in [0.4, 0.5) is 5.69 Å². The van der Waals surface area contributed by atoms with E-state index in [0.717, 1.165) is 11.4 Å². The molecule has 0 radical (unpaired) electrons. The van der Waals surface area contributed by atoms with Gasteiger partial charge in [0.25, 0.3) is 0 Å². The van der Waals surface area contributed by atoms with Gasteiger partial charge in [-0.1, -0.05) is 13.8 Å². The lowest BCUT2D eigenvalue weighted by molar-refractivity contribution is -0.118. The molecule has 88 valence electrons. The molecule has 0 aromatic heterocycles. The fourth-order valence-corrected chi connectivity index (χ4v) is 1.20. The second kappa shape index (κ2) is 5.51. The van der Waals surface area contributed by atoms with Gasteiger partial charge in [-0.2, -0.15) is 0 Å². The minimum absolute atomic E-state index is 0.123. The molecule has 1 atom stereocenters. The molecule has 0 spiro atoms. The largest absolute Gasteiger partial charge is 0.497 e. The highest BCUT2D eigenvalue weighted by Crippen LogP contribution is 2.15. The van der Waals surface area contributed by atoms with E-state index in [-0.39, 0.29) is 11.8 Å². The van der Waals surface area contributed by atoms with Crippen molar-refractivity contribution >= 4 is 11.6 Å². The highest BCUT2D eigenvalue weighted by atomic mass is 16.5. The number of hydrogen-bond acceptors (Lipinski definition) is 3. The molecular weight excluding hydrogens is 204 g/mol. The standard InChI is InChI=1S/C12H18N2O2/c1-8(2)11(13)12(15)14-9-4-6-10(16-3)7-5-9/h4-8,11H,13H2,1-3H3,(H,14,15)/t11-/m1/s1. The number of rotatable bonds is 4. The Bertz CT molecular complexity index is 347. The van der Waals surface area contributed by atoms with Crippen LogP contribution in [0.25, 0.3) is 0 Å². The predicted octanol–water partition coefficient (Wildman–Crippen LogP) is 1.62. The number of hydrogen-bond donors (Lipinski definition) is 2. The zero-order chi connectivity index (χ0) is 12.1. The predicted molar refractivity (Wildman–Crippen MR) is 64.4 cm³/mol. The number of carbonyl (C=O) groups is 1. The van der Waals surface area contributed by atoms with Crippen molar-refractivity contribution < 1.29 is 9.53 Å². The molecule has 0 fully saturated rings. The third-order valence-electron chi connectivity index (χ3n) is 2.38. The van der Waals surface area contributed by atoms with Gasteiger partial charge in [0.15, 0.2) is 0 Å². The monoisotopic (exact) mass is 222 g/mol. The summed E-state index contributed by atoms with van der Waals surface area (Å²) in [7, 11) is 1.60. The van der Waals surface area contributed by atoms with Gasteiger partial charge in [-0.05, 0) is 30.2 Å². The molecule has 1 amide bonds. The molecule has 0 saturated carbocycles. The van der Waals surface area contributed by atoms with Crippen molar-refractivity contribution in [3.05, 3.63) is 24.3 Å². The van der Waals surface area contributed by atoms with E-state index in [1.165, 1.54) is 0 Å². The Labute approximate surface area is 95.8 Å². The summed E-state index contributed by atoms with van der Waals surface area (Å²) in [5.41, 5.74) is 6.45. The maximum atomic E-state index is 11.6. The van der Waals surface area contributed by atoms with Crippen molar-refractivity contribution in [2.24, 2.45) is 11.7 Å². The topological polar surface area (TPSA) is 64.3 Å². The second-order valence-corrected chi connectivity index (χ2v) is 3.99. The number of anilines is 1. The average molecular weight is 222 g/mol. The van der Waals surface area contributed by atoms with Gasteiger partial charge < -0.3 is 15.8 Å².